The van der Waals surface area contributed by atoms with E-state index in [-0.39, 0.29) is 11.7 Å². The van der Waals surface area contributed by atoms with Crippen molar-refractivity contribution >= 4 is 69.7 Å². The van der Waals surface area contributed by atoms with Crippen molar-refractivity contribution < 1.29 is 4.79 Å². The third-order valence-electron chi connectivity index (χ3n) is 4.59. The van der Waals surface area contributed by atoms with Crippen LogP contribution in [0.3, 0.4) is 0 Å². The molecule has 0 aliphatic heterocycles. The van der Waals surface area contributed by atoms with Gasteiger partial charge in [-0.05, 0) is 35.9 Å². The molecule has 162 valence electrons. The summed E-state index contributed by atoms with van der Waals surface area (Å²) in [7, 11) is 0. The van der Waals surface area contributed by atoms with Crippen molar-refractivity contribution in [1.29, 1.82) is 0 Å². The van der Waals surface area contributed by atoms with Gasteiger partial charge in [-0.2, -0.15) is 5.10 Å². The topological polar surface area (TPSA) is 59.3 Å². The van der Waals surface area contributed by atoms with Gasteiger partial charge in [0.15, 0.2) is 5.16 Å². The van der Waals surface area contributed by atoms with E-state index in [2.05, 4.69) is 15.1 Å². The predicted octanol–water partition coefficient (Wildman–Crippen LogP) is 6.29. The monoisotopic (exact) mass is 502 g/mol. The van der Waals surface area contributed by atoms with Gasteiger partial charge in [-0.3, -0.25) is 4.79 Å². The molecule has 0 saturated heterocycles. The van der Waals surface area contributed by atoms with E-state index in [4.69, 9.17) is 39.8 Å². The van der Waals surface area contributed by atoms with Crippen molar-refractivity contribution in [3.05, 3.63) is 92.9 Å². The number of nitrogens with one attached hydrogen (secondary N) is 1. The molecular weight excluding hydrogens is 487 g/mol. The molecule has 9 heteroatoms. The van der Waals surface area contributed by atoms with Crippen LogP contribution in [0.4, 0.5) is 0 Å². The Morgan fingerprint density at radius 1 is 1.03 bits per heavy atom. The number of rotatable bonds is 7. The van der Waals surface area contributed by atoms with Crippen LogP contribution in [-0.4, -0.2) is 27.4 Å². The first-order valence-corrected chi connectivity index (χ1v) is 11.7. The smallest absolute Gasteiger partial charge is 0.250 e. The van der Waals surface area contributed by atoms with Gasteiger partial charge in [0.1, 0.15) is 0 Å². The number of nitrogens with zero attached hydrogens (tertiary/aromatic N) is 3. The van der Waals surface area contributed by atoms with E-state index in [1.807, 2.05) is 48.5 Å². The number of amides is 1. The summed E-state index contributed by atoms with van der Waals surface area (Å²) in [4.78, 5) is 17.0. The molecule has 0 aliphatic carbocycles. The standard InChI is InChI=1S/C23H17Cl3N4OS/c24-17-10-9-15(19(26)11-17)12-27-29-22(31)14-32-23-28-20-7-3-4-8-21(20)30(23)13-16-5-1-2-6-18(16)25/h1-12H,13-14H2,(H,29,31)/b27-12+. The number of hydrogen-bond acceptors (Lipinski definition) is 4. The fourth-order valence-corrected chi connectivity index (χ4v) is 4.51. The Morgan fingerprint density at radius 3 is 2.62 bits per heavy atom. The maximum atomic E-state index is 12.3. The highest BCUT2D eigenvalue weighted by atomic mass is 35.5. The Labute approximate surface area is 204 Å². The second-order valence-electron chi connectivity index (χ2n) is 6.81. The van der Waals surface area contributed by atoms with E-state index < -0.39 is 0 Å². The minimum atomic E-state index is -0.257. The second-order valence-corrected chi connectivity index (χ2v) is 9.00. The number of aromatic nitrogens is 2. The summed E-state index contributed by atoms with van der Waals surface area (Å²) in [6.07, 6.45) is 1.48. The highest BCUT2D eigenvalue weighted by Crippen LogP contribution is 2.27. The first-order valence-electron chi connectivity index (χ1n) is 9.59. The number of hydrazone groups is 1. The number of para-hydroxylation sites is 2. The molecule has 4 aromatic rings. The number of carbonyl (C=O) groups excluding carboxylic acids is 1. The van der Waals surface area contributed by atoms with E-state index in [0.717, 1.165) is 21.8 Å². The Bertz CT molecular complexity index is 1310. The molecule has 0 radical (unpaired) electrons. The molecule has 1 N–H and O–H groups in total. The van der Waals surface area contributed by atoms with Gasteiger partial charge in [-0.25, -0.2) is 10.4 Å². The highest BCUT2D eigenvalue weighted by molar-refractivity contribution is 7.99. The van der Waals surface area contributed by atoms with Crippen molar-refractivity contribution in [2.24, 2.45) is 5.10 Å². The molecule has 3 aromatic carbocycles. The maximum absolute atomic E-state index is 12.3. The zero-order valence-corrected chi connectivity index (χ0v) is 19.7. The zero-order chi connectivity index (χ0) is 22.5. The molecule has 0 aliphatic rings. The second kappa shape index (κ2) is 10.4. The van der Waals surface area contributed by atoms with Crippen LogP contribution >= 0.6 is 46.6 Å². The van der Waals surface area contributed by atoms with Crippen LogP contribution < -0.4 is 5.43 Å². The summed E-state index contributed by atoms with van der Waals surface area (Å²) in [5.74, 6) is -0.106. The number of carbonyl (C=O) groups is 1. The van der Waals surface area contributed by atoms with Gasteiger partial charge in [0, 0.05) is 15.6 Å². The van der Waals surface area contributed by atoms with E-state index in [1.54, 1.807) is 18.2 Å². The van der Waals surface area contributed by atoms with Crippen molar-refractivity contribution in [3.63, 3.8) is 0 Å². The van der Waals surface area contributed by atoms with Crippen LogP contribution in [0.5, 0.6) is 0 Å². The lowest BCUT2D eigenvalue weighted by molar-refractivity contribution is -0.118. The summed E-state index contributed by atoms with van der Waals surface area (Å²) in [5.41, 5.74) is 5.99. The third kappa shape index (κ3) is 5.45. The number of hydrogen-bond donors (Lipinski definition) is 1. The molecule has 0 bridgehead atoms. The quantitative estimate of drug-likeness (QED) is 0.183. The molecule has 0 fully saturated rings. The van der Waals surface area contributed by atoms with Gasteiger partial charge in [0.2, 0.25) is 0 Å². The van der Waals surface area contributed by atoms with Crippen molar-refractivity contribution in [3.8, 4) is 0 Å². The summed E-state index contributed by atoms with van der Waals surface area (Å²) in [6.45, 7) is 0.553. The van der Waals surface area contributed by atoms with Gasteiger partial charge in [-0.1, -0.05) is 83.0 Å². The van der Waals surface area contributed by atoms with Crippen LogP contribution in [0.15, 0.2) is 77.0 Å². The number of halogens is 3. The Kier molecular flexibility index (Phi) is 7.37. The maximum Gasteiger partial charge on any atom is 0.250 e. The lowest BCUT2D eigenvalue weighted by atomic mass is 10.2. The van der Waals surface area contributed by atoms with Gasteiger partial charge >= 0.3 is 0 Å². The molecule has 0 unspecified atom stereocenters. The molecule has 32 heavy (non-hydrogen) atoms. The van der Waals surface area contributed by atoms with Crippen LogP contribution in [0.2, 0.25) is 15.1 Å². The number of benzene rings is 3. The van der Waals surface area contributed by atoms with Gasteiger partial charge in [0.25, 0.3) is 5.91 Å². The summed E-state index contributed by atoms with van der Waals surface area (Å²) < 4.78 is 2.06. The van der Waals surface area contributed by atoms with Crippen LogP contribution in [0.1, 0.15) is 11.1 Å². The first kappa shape index (κ1) is 22.7. The lowest BCUT2D eigenvalue weighted by Gasteiger charge is -2.10. The predicted molar refractivity (Wildman–Crippen MR) is 133 cm³/mol. The van der Waals surface area contributed by atoms with Gasteiger partial charge in [-0.15, -0.1) is 0 Å². The zero-order valence-electron chi connectivity index (χ0n) is 16.6. The fourth-order valence-electron chi connectivity index (χ4n) is 3.06. The minimum Gasteiger partial charge on any atom is -0.314 e. The van der Waals surface area contributed by atoms with E-state index in [1.165, 1.54) is 18.0 Å². The van der Waals surface area contributed by atoms with Crippen molar-refractivity contribution in [2.75, 3.05) is 5.75 Å². The van der Waals surface area contributed by atoms with Gasteiger partial charge in [0.05, 0.1) is 34.6 Å². The number of fused-ring (bicyclic) bond motifs is 1. The molecule has 5 nitrogen and oxygen atoms in total. The molecule has 4 rings (SSSR count). The Hall–Kier alpha value is -2.51. The Balaban J connectivity index is 1.46. The average molecular weight is 504 g/mol. The van der Waals surface area contributed by atoms with E-state index in [9.17, 15) is 4.79 Å². The molecule has 0 atom stereocenters. The number of thioether (sulfide) groups is 1. The first-order chi connectivity index (χ1) is 15.5. The minimum absolute atomic E-state index is 0.150. The van der Waals surface area contributed by atoms with Crippen LogP contribution in [0, 0.1) is 0 Å². The van der Waals surface area contributed by atoms with Crippen LogP contribution in [0.25, 0.3) is 11.0 Å². The van der Waals surface area contributed by atoms with Gasteiger partial charge < -0.3 is 4.57 Å². The summed E-state index contributed by atoms with van der Waals surface area (Å²) >= 11 is 19.7. The Morgan fingerprint density at radius 2 is 1.81 bits per heavy atom. The molecule has 1 amide bonds. The lowest BCUT2D eigenvalue weighted by Crippen LogP contribution is -2.20. The fraction of sp³-hybridized carbons (Fsp3) is 0.0870. The van der Waals surface area contributed by atoms with Crippen molar-refractivity contribution in [2.45, 2.75) is 11.7 Å². The normalized spacial score (nSPS) is 11.3. The average Bonchev–Trinajstić information content (AvgIpc) is 3.13. The third-order valence-corrected chi connectivity index (χ3v) is 6.50. The molecule has 0 spiro atoms. The van der Waals surface area contributed by atoms with Crippen molar-refractivity contribution in [1.82, 2.24) is 15.0 Å². The largest absolute Gasteiger partial charge is 0.314 e. The molecule has 1 heterocycles. The summed E-state index contributed by atoms with van der Waals surface area (Å²) in [6, 6.07) is 20.6. The SMILES string of the molecule is O=C(CSc1nc2ccccc2n1Cc1ccccc1Cl)N/N=C/c1ccc(Cl)cc1Cl. The summed E-state index contributed by atoms with van der Waals surface area (Å²) in [5, 5.41) is 6.39. The molecule has 1 aromatic heterocycles. The molecular formula is C23H17Cl3N4OS. The number of imidazole rings is 1. The van der Waals surface area contributed by atoms with E-state index >= 15 is 0 Å². The highest BCUT2D eigenvalue weighted by Gasteiger charge is 2.14. The van der Waals surface area contributed by atoms with Crippen LogP contribution in [-0.2, 0) is 11.3 Å². The molecule has 0 saturated carbocycles. The van der Waals surface area contributed by atoms with E-state index in [0.29, 0.717) is 27.2 Å².